The quantitative estimate of drug-likeness (QED) is 0.371. The fourth-order valence-electron chi connectivity index (χ4n) is 6.13. The zero-order chi connectivity index (χ0) is 21.5. The Morgan fingerprint density at radius 1 is 1.16 bits per heavy atom. The molecule has 2 aliphatic heterocycles. The van der Waals surface area contributed by atoms with Gasteiger partial charge < -0.3 is 14.8 Å². The van der Waals surface area contributed by atoms with Crippen molar-refractivity contribution >= 4 is 27.6 Å². The zero-order valence-corrected chi connectivity index (χ0v) is 19.6. The molecule has 0 saturated heterocycles. The van der Waals surface area contributed by atoms with E-state index >= 15 is 0 Å². The lowest BCUT2D eigenvalue weighted by Crippen LogP contribution is -2.44. The highest BCUT2D eigenvalue weighted by atomic mass is 79.9. The molecule has 0 N–H and O–H groups in total. The van der Waals surface area contributed by atoms with Gasteiger partial charge in [-0.25, -0.2) is 0 Å². The van der Waals surface area contributed by atoms with Crippen LogP contribution in [0.25, 0.3) is 0 Å². The summed E-state index contributed by atoms with van der Waals surface area (Å²) < 4.78 is 1.10. The molecule has 4 atom stereocenters. The molecule has 162 valence electrons. The number of anilines is 1. The van der Waals surface area contributed by atoms with E-state index in [4.69, 9.17) is 0 Å². The number of carboxylic acids is 1. The highest BCUT2D eigenvalue weighted by Crippen LogP contribution is 2.57. The van der Waals surface area contributed by atoms with E-state index in [1.807, 2.05) is 12.1 Å². The van der Waals surface area contributed by atoms with Crippen LogP contribution >= 0.6 is 15.9 Å². The predicted molar refractivity (Wildman–Crippen MR) is 126 cm³/mol. The number of carbonyl (C=O) groups is 1. The number of carbonyl (C=O) groups excluding carboxylic acids is 1. The fourth-order valence-corrected chi connectivity index (χ4v) is 6.39. The normalized spacial score (nSPS) is 25.9. The third-order valence-electron chi connectivity index (χ3n) is 7.53. The summed E-state index contributed by atoms with van der Waals surface area (Å²) in [6.07, 6.45) is 11.5. The van der Waals surface area contributed by atoms with Gasteiger partial charge in [0.05, 0.1) is 12.0 Å². The third kappa shape index (κ3) is 3.63. The number of aromatic carboxylic acids is 1. The molecule has 3 nitrogen and oxygen atoms in total. The first kappa shape index (κ1) is 20.8. The Hall–Kier alpha value is -2.07. The van der Waals surface area contributed by atoms with Crippen LogP contribution in [0.3, 0.4) is 0 Å². The average Bonchev–Trinajstić information content (AvgIpc) is 3.26. The van der Waals surface area contributed by atoms with Crippen LogP contribution in [0.5, 0.6) is 0 Å². The molecule has 3 aliphatic rings. The van der Waals surface area contributed by atoms with E-state index in [0.717, 1.165) is 30.3 Å². The first-order valence-electron chi connectivity index (χ1n) is 11.7. The topological polar surface area (TPSA) is 43.4 Å². The lowest BCUT2D eigenvalue weighted by molar-refractivity contribution is -0.255. The van der Waals surface area contributed by atoms with Crippen LogP contribution in [0.15, 0.2) is 53.0 Å². The van der Waals surface area contributed by atoms with Gasteiger partial charge in [0.15, 0.2) is 0 Å². The van der Waals surface area contributed by atoms with E-state index in [9.17, 15) is 9.90 Å². The lowest BCUT2D eigenvalue weighted by atomic mass is 9.71. The average molecular weight is 479 g/mol. The summed E-state index contributed by atoms with van der Waals surface area (Å²) in [5.41, 5.74) is 5.44. The predicted octanol–water partition coefficient (Wildman–Crippen LogP) is 6.10. The minimum atomic E-state index is -1.06. The minimum absolute atomic E-state index is 0.271. The molecule has 2 heterocycles. The summed E-state index contributed by atoms with van der Waals surface area (Å²) >= 11 is 3.58. The monoisotopic (exact) mass is 478 g/mol. The van der Waals surface area contributed by atoms with Crippen LogP contribution < -0.4 is 10.0 Å². The zero-order valence-electron chi connectivity index (χ0n) is 18.0. The van der Waals surface area contributed by atoms with Crippen LogP contribution in [-0.4, -0.2) is 12.5 Å². The number of allylic oxidation sites excluding steroid dienone is 2. The molecule has 0 bridgehead atoms. The van der Waals surface area contributed by atoms with Gasteiger partial charge in [-0.2, -0.15) is 0 Å². The van der Waals surface area contributed by atoms with Crippen molar-refractivity contribution in [2.24, 2.45) is 5.92 Å². The van der Waals surface area contributed by atoms with Gasteiger partial charge >= 0.3 is 0 Å². The summed E-state index contributed by atoms with van der Waals surface area (Å²) in [5, 5.41) is 11.9. The van der Waals surface area contributed by atoms with Gasteiger partial charge in [0, 0.05) is 22.6 Å². The summed E-state index contributed by atoms with van der Waals surface area (Å²) in [4.78, 5) is 14.5. The van der Waals surface area contributed by atoms with Crippen molar-refractivity contribution in [3.8, 4) is 0 Å². The first-order chi connectivity index (χ1) is 15.1. The van der Waals surface area contributed by atoms with Gasteiger partial charge in [-0.3, -0.25) is 0 Å². The van der Waals surface area contributed by atoms with E-state index in [2.05, 4.69) is 64.2 Å². The number of hydrogen-bond acceptors (Lipinski definition) is 3. The molecule has 0 fully saturated rings. The maximum absolute atomic E-state index is 11.9. The Morgan fingerprint density at radius 3 is 2.68 bits per heavy atom. The third-order valence-corrected chi connectivity index (χ3v) is 8.06. The van der Waals surface area contributed by atoms with Crippen molar-refractivity contribution in [2.75, 3.05) is 11.4 Å². The molecule has 4 heteroatoms. The van der Waals surface area contributed by atoms with Crippen molar-refractivity contribution in [1.82, 2.24) is 0 Å². The molecule has 0 spiro atoms. The van der Waals surface area contributed by atoms with Crippen molar-refractivity contribution < 1.29 is 9.90 Å². The summed E-state index contributed by atoms with van der Waals surface area (Å²) in [6, 6.07) is 12.9. The van der Waals surface area contributed by atoms with E-state index in [-0.39, 0.29) is 5.92 Å². The second-order valence-electron chi connectivity index (χ2n) is 9.32. The van der Waals surface area contributed by atoms with Crippen molar-refractivity contribution in [3.63, 3.8) is 0 Å². The second-order valence-corrected chi connectivity index (χ2v) is 10.2. The molecule has 0 radical (unpaired) electrons. The maximum Gasteiger partial charge on any atom is 0.0715 e. The van der Waals surface area contributed by atoms with Gasteiger partial charge in [0.2, 0.25) is 0 Å². The first-order valence-corrected chi connectivity index (χ1v) is 12.5. The van der Waals surface area contributed by atoms with Gasteiger partial charge in [0.25, 0.3) is 0 Å². The molecular formula is C27H29BrNO2-. The van der Waals surface area contributed by atoms with Crippen LogP contribution in [0.1, 0.15) is 90.4 Å². The number of hydrogen-bond donors (Lipinski definition) is 0. The Kier molecular flexibility index (Phi) is 5.68. The van der Waals surface area contributed by atoms with Crippen LogP contribution in [0, 0.1) is 5.92 Å². The Balaban J connectivity index is 1.64. The van der Waals surface area contributed by atoms with Crippen molar-refractivity contribution in [3.05, 3.63) is 75.3 Å². The van der Waals surface area contributed by atoms with Crippen LogP contribution in [0.4, 0.5) is 5.69 Å². The molecular weight excluding hydrogens is 450 g/mol. The number of benzene rings is 2. The van der Waals surface area contributed by atoms with E-state index in [1.54, 1.807) is 0 Å². The highest BCUT2D eigenvalue weighted by Gasteiger charge is 2.45. The molecule has 0 aromatic heterocycles. The summed E-state index contributed by atoms with van der Waals surface area (Å²) in [7, 11) is 0. The molecule has 31 heavy (non-hydrogen) atoms. The number of unbranched alkanes of at least 4 members (excludes halogenated alkanes) is 2. The van der Waals surface area contributed by atoms with E-state index in [1.165, 1.54) is 41.6 Å². The number of rotatable bonds is 6. The molecule has 5 rings (SSSR count). The SMILES string of the molecule is CCCCC[C@@H]1CCN2c3c1cc(C(=O)[O-])cc3[C@H]1C=CC[C@H]1[C@@H]2c1ccc(Br)cc1. The second kappa shape index (κ2) is 8.46. The van der Waals surface area contributed by atoms with Gasteiger partial charge in [-0.1, -0.05) is 66.4 Å². The standard InChI is InChI=1S/C27H30BrNO2/c1-2-3-4-6-17-13-14-29-25(18-9-11-20(28)12-10-18)22-8-5-7-21(22)24-16-19(27(30)31)15-23(17)26(24)29/h5,7,9-12,15-17,21-22,25H,2-4,6,8,13-14H2,1H3,(H,30,31)/p-1/t17-,21+,22-,25+/m1/s1. The van der Waals surface area contributed by atoms with E-state index < -0.39 is 5.97 Å². The van der Waals surface area contributed by atoms with Gasteiger partial charge in [0.1, 0.15) is 0 Å². The Labute approximate surface area is 193 Å². The highest BCUT2D eigenvalue weighted by molar-refractivity contribution is 9.10. The van der Waals surface area contributed by atoms with Crippen LogP contribution in [-0.2, 0) is 0 Å². The Bertz CT molecular complexity index is 1010. The molecule has 0 amide bonds. The van der Waals surface area contributed by atoms with Gasteiger partial charge in [-0.15, -0.1) is 0 Å². The minimum Gasteiger partial charge on any atom is -0.545 e. The summed E-state index contributed by atoms with van der Waals surface area (Å²) in [6.45, 7) is 3.27. The lowest BCUT2D eigenvalue weighted by Gasteiger charge is -2.50. The molecule has 0 unspecified atom stereocenters. The number of carboxylic acid groups (broad SMARTS) is 1. The smallest absolute Gasteiger partial charge is 0.0715 e. The fraction of sp³-hybridized carbons (Fsp3) is 0.444. The summed E-state index contributed by atoms with van der Waals surface area (Å²) in [5.74, 6) is 0.0860. The van der Waals surface area contributed by atoms with E-state index in [0.29, 0.717) is 23.4 Å². The molecule has 1 aliphatic carbocycles. The number of nitrogens with zero attached hydrogens (tertiary/aromatic N) is 1. The Morgan fingerprint density at radius 2 is 1.94 bits per heavy atom. The molecule has 0 saturated carbocycles. The maximum atomic E-state index is 11.9. The molecule has 2 aromatic rings. The molecule has 2 aromatic carbocycles. The van der Waals surface area contributed by atoms with Crippen molar-refractivity contribution in [2.45, 2.75) is 63.3 Å². The number of fused-ring (bicyclic) bond motifs is 2. The number of halogens is 1. The van der Waals surface area contributed by atoms with Crippen molar-refractivity contribution in [1.29, 1.82) is 0 Å². The largest absolute Gasteiger partial charge is 0.545 e. The van der Waals surface area contributed by atoms with Crippen LogP contribution in [0.2, 0.25) is 0 Å². The van der Waals surface area contributed by atoms with Gasteiger partial charge in [-0.05, 0) is 77.6 Å².